The van der Waals surface area contributed by atoms with Gasteiger partial charge in [0.15, 0.2) is 6.23 Å². The molecule has 212 valence electrons. The van der Waals surface area contributed by atoms with Gasteiger partial charge in [-0.15, -0.1) is 0 Å². The number of benzene rings is 3. The van der Waals surface area contributed by atoms with Gasteiger partial charge in [0.25, 0.3) is 15.9 Å². The van der Waals surface area contributed by atoms with Gasteiger partial charge in [0.05, 0.1) is 23.8 Å². The van der Waals surface area contributed by atoms with Crippen molar-refractivity contribution in [1.29, 1.82) is 0 Å². The molecule has 10 heteroatoms. The second-order valence-electron chi connectivity index (χ2n) is 10.3. The Hall–Kier alpha value is -4.28. The van der Waals surface area contributed by atoms with E-state index in [9.17, 15) is 13.2 Å². The first-order valence-corrected chi connectivity index (χ1v) is 14.9. The number of hydrogen-bond donors (Lipinski definition) is 2. The molecule has 0 aliphatic carbocycles. The van der Waals surface area contributed by atoms with Crippen LogP contribution in [0.4, 0.5) is 5.95 Å². The average Bonchev–Trinajstić information content (AvgIpc) is 2.92. The molecule has 2 heterocycles. The number of nitrogens with one attached hydrogen (secondary N) is 2. The van der Waals surface area contributed by atoms with Crippen LogP contribution in [0.15, 0.2) is 83.8 Å². The molecule has 2 N–H and O–H groups in total. The van der Waals surface area contributed by atoms with E-state index in [4.69, 9.17) is 9.47 Å². The van der Waals surface area contributed by atoms with Crippen molar-refractivity contribution in [3.05, 3.63) is 101 Å². The lowest BCUT2D eigenvalue weighted by Crippen LogP contribution is -2.40. The fourth-order valence-electron chi connectivity index (χ4n) is 4.65. The molecule has 0 spiro atoms. The number of aromatic nitrogens is 2. The summed E-state index contributed by atoms with van der Waals surface area (Å²) in [4.78, 5) is 21.9. The first-order valence-electron chi connectivity index (χ1n) is 13.4. The number of rotatable bonds is 7. The fraction of sp³-hybridized carbons (Fsp3) is 0.258. The zero-order chi connectivity index (χ0) is 29.0. The van der Waals surface area contributed by atoms with Crippen LogP contribution < -0.4 is 14.8 Å². The Bertz CT molecular complexity index is 1660. The Kier molecular flexibility index (Phi) is 8.32. The van der Waals surface area contributed by atoms with Crippen LogP contribution in [0.1, 0.15) is 47.3 Å². The summed E-state index contributed by atoms with van der Waals surface area (Å²) in [6, 6.07) is 23.2. The molecule has 9 nitrogen and oxygen atoms in total. The number of ether oxygens (including phenoxy) is 2. The summed E-state index contributed by atoms with van der Waals surface area (Å²) < 4.78 is 41.2. The van der Waals surface area contributed by atoms with Crippen molar-refractivity contribution in [2.24, 2.45) is 5.92 Å². The number of sulfonamides is 1. The van der Waals surface area contributed by atoms with E-state index in [2.05, 4.69) is 20.0 Å². The number of hydrogen-bond acceptors (Lipinski definition) is 7. The lowest BCUT2D eigenvalue weighted by molar-refractivity contribution is 0.0783. The van der Waals surface area contributed by atoms with Crippen LogP contribution in [0.2, 0.25) is 0 Å². The number of fused-ring (bicyclic) bond motifs is 4. The van der Waals surface area contributed by atoms with E-state index in [0.717, 1.165) is 22.3 Å². The predicted molar refractivity (Wildman–Crippen MR) is 156 cm³/mol. The van der Waals surface area contributed by atoms with E-state index in [0.29, 0.717) is 25.3 Å². The van der Waals surface area contributed by atoms with Gasteiger partial charge < -0.3 is 14.8 Å². The third-order valence-corrected chi connectivity index (χ3v) is 7.89. The van der Waals surface area contributed by atoms with E-state index in [1.54, 1.807) is 12.1 Å². The standard InChI is InChI=1S/C31H32N4O5S/c1-20(2)15-27-33-30(36)23-12-8-14-25(16-23)41(37,38)35-31-32-26(17-28(34-31)40-27)29-21(3)9-7-13-24(29)19-39-18-22-10-5-4-6-11-22/h4-14,16-17,20,27H,15,18-19H2,1-3H3,(H,33,36)(H,32,34,35)/t27-/m0/s1. The third kappa shape index (κ3) is 6.90. The van der Waals surface area contributed by atoms with E-state index in [-0.39, 0.29) is 28.2 Å². The first-order chi connectivity index (χ1) is 19.7. The molecular formula is C31H32N4O5S. The van der Waals surface area contributed by atoms with E-state index in [1.165, 1.54) is 18.2 Å². The van der Waals surface area contributed by atoms with Crippen molar-refractivity contribution in [1.82, 2.24) is 15.3 Å². The van der Waals surface area contributed by atoms with Crippen molar-refractivity contribution in [2.45, 2.75) is 51.5 Å². The van der Waals surface area contributed by atoms with Gasteiger partial charge in [0.1, 0.15) is 0 Å². The fourth-order valence-corrected chi connectivity index (χ4v) is 5.64. The topological polar surface area (TPSA) is 120 Å². The summed E-state index contributed by atoms with van der Waals surface area (Å²) in [6.07, 6.45) is -0.197. The molecule has 4 aromatic rings. The van der Waals surface area contributed by atoms with Crippen LogP contribution in [-0.2, 0) is 28.0 Å². The highest BCUT2D eigenvalue weighted by Crippen LogP contribution is 2.31. The van der Waals surface area contributed by atoms with Crippen LogP contribution in [0.3, 0.4) is 0 Å². The molecule has 1 amide bonds. The van der Waals surface area contributed by atoms with E-state index >= 15 is 0 Å². The summed E-state index contributed by atoms with van der Waals surface area (Å²) in [5.74, 6) is -0.261. The van der Waals surface area contributed by atoms with Crippen molar-refractivity contribution in [2.75, 3.05) is 4.72 Å². The smallest absolute Gasteiger partial charge is 0.264 e. The molecular weight excluding hydrogens is 540 g/mol. The van der Waals surface area contributed by atoms with Crippen LogP contribution in [-0.4, -0.2) is 30.5 Å². The average molecular weight is 573 g/mol. The van der Waals surface area contributed by atoms with Gasteiger partial charge in [0, 0.05) is 23.6 Å². The maximum atomic E-state index is 13.3. The maximum absolute atomic E-state index is 13.3. The maximum Gasteiger partial charge on any atom is 0.264 e. The summed E-state index contributed by atoms with van der Waals surface area (Å²) in [7, 11) is -4.10. The van der Waals surface area contributed by atoms with Gasteiger partial charge >= 0.3 is 0 Å². The van der Waals surface area contributed by atoms with Crippen LogP contribution in [0, 0.1) is 12.8 Å². The molecule has 0 unspecified atom stereocenters. The Morgan fingerprint density at radius 1 is 0.951 bits per heavy atom. The zero-order valence-corrected chi connectivity index (χ0v) is 23.9. The quantitative estimate of drug-likeness (QED) is 0.302. The molecule has 5 rings (SSSR count). The number of aryl methyl sites for hydroxylation is 1. The minimum atomic E-state index is -4.10. The SMILES string of the molecule is Cc1cccc(COCc2ccccc2)c1-c1cc2nc(n1)NS(=O)(=O)c1cccc(c1)C(=O)N[C@H](CC(C)C)O2. The third-order valence-electron chi connectivity index (χ3n) is 6.56. The molecule has 3 aromatic carbocycles. The minimum absolute atomic E-state index is 0.0755. The molecule has 41 heavy (non-hydrogen) atoms. The molecule has 0 saturated heterocycles. The Morgan fingerprint density at radius 3 is 2.51 bits per heavy atom. The van der Waals surface area contributed by atoms with Crippen molar-refractivity contribution in [3.63, 3.8) is 0 Å². The van der Waals surface area contributed by atoms with Gasteiger partial charge in [-0.25, -0.2) is 18.1 Å². The Labute approximate surface area is 240 Å². The molecule has 1 aliphatic rings. The molecule has 1 aliphatic heterocycles. The minimum Gasteiger partial charge on any atom is -0.454 e. The molecule has 1 aromatic heterocycles. The monoisotopic (exact) mass is 572 g/mol. The molecule has 4 bridgehead atoms. The molecule has 0 fully saturated rings. The van der Waals surface area contributed by atoms with Gasteiger partial charge in [0.2, 0.25) is 11.8 Å². The zero-order valence-electron chi connectivity index (χ0n) is 23.1. The molecule has 0 radical (unpaired) electrons. The Balaban J connectivity index is 1.56. The summed E-state index contributed by atoms with van der Waals surface area (Å²) in [6.45, 7) is 6.74. The van der Waals surface area contributed by atoms with Crippen LogP contribution >= 0.6 is 0 Å². The highest BCUT2D eigenvalue weighted by atomic mass is 32.2. The normalized spacial score (nSPS) is 16.1. The summed E-state index contributed by atoms with van der Waals surface area (Å²) in [5, 5.41) is 2.88. The van der Waals surface area contributed by atoms with Crippen molar-refractivity contribution in [3.8, 4) is 17.1 Å². The molecule has 0 saturated carbocycles. The Morgan fingerprint density at radius 2 is 1.73 bits per heavy atom. The number of anilines is 1. The van der Waals surface area contributed by atoms with Crippen LogP contribution in [0.5, 0.6) is 5.88 Å². The van der Waals surface area contributed by atoms with Gasteiger partial charge in [-0.3, -0.25) is 4.79 Å². The first kappa shape index (κ1) is 28.3. The van der Waals surface area contributed by atoms with Crippen molar-refractivity contribution >= 4 is 21.9 Å². The van der Waals surface area contributed by atoms with Gasteiger partial charge in [-0.1, -0.05) is 68.4 Å². The van der Waals surface area contributed by atoms with E-state index < -0.39 is 22.2 Å². The highest BCUT2D eigenvalue weighted by Gasteiger charge is 2.24. The molecule has 1 atom stereocenters. The predicted octanol–water partition coefficient (Wildman–Crippen LogP) is 5.46. The van der Waals surface area contributed by atoms with E-state index in [1.807, 2.05) is 69.3 Å². The second kappa shape index (κ2) is 12.1. The van der Waals surface area contributed by atoms with Crippen LogP contribution in [0.25, 0.3) is 11.3 Å². The summed E-state index contributed by atoms with van der Waals surface area (Å²) >= 11 is 0. The number of nitrogens with zero attached hydrogens (tertiary/aromatic N) is 2. The number of amides is 1. The van der Waals surface area contributed by atoms with Crippen molar-refractivity contribution < 1.29 is 22.7 Å². The lowest BCUT2D eigenvalue weighted by atomic mass is 9.99. The summed E-state index contributed by atoms with van der Waals surface area (Å²) in [5.41, 5.74) is 4.30. The lowest BCUT2D eigenvalue weighted by Gasteiger charge is -2.23. The largest absolute Gasteiger partial charge is 0.454 e. The number of carbonyl (C=O) groups is 1. The van der Waals surface area contributed by atoms with Gasteiger partial charge in [-0.2, -0.15) is 4.98 Å². The highest BCUT2D eigenvalue weighted by molar-refractivity contribution is 7.92. The van der Waals surface area contributed by atoms with Gasteiger partial charge in [-0.05, 0) is 47.7 Å². The number of carbonyl (C=O) groups excluding carboxylic acids is 1. The second-order valence-corrected chi connectivity index (χ2v) is 12.0.